The van der Waals surface area contributed by atoms with Crippen molar-refractivity contribution in [2.45, 2.75) is 26.2 Å². The van der Waals surface area contributed by atoms with Crippen LogP contribution in [0.4, 0.5) is 5.69 Å². The van der Waals surface area contributed by atoms with E-state index in [9.17, 15) is 9.59 Å². The van der Waals surface area contributed by atoms with Crippen molar-refractivity contribution in [1.29, 1.82) is 0 Å². The molecular weight excluding hydrogens is 430 g/mol. The molecule has 0 aliphatic carbocycles. The Hall–Kier alpha value is -4.06. The maximum atomic E-state index is 12.9. The van der Waals surface area contributed by atoms with Crippen molar-refractivity contribution in [3.63, 3.8) is 0 Å². The van der Waals surface area contributed by atoms with Gasteiger partial charge in [-0.3, -0.25) is 9.59 Å². The summed E-state index contributed by atoms with van der Waals surface area (Å²) in [5.74, 6) is 1.29. The molecule has 0 radical (unpaired) electrons. The van der Waals surface area contributed by atoms with Crippen molar-refractivity contribution in [2.75, 3.05) is 19.5 Å². The molecule has 3 aromatic carbocycles. The summed E-state index contributed by atoms with van der Waals surface area (Å²) >= 11 is 0. The van der Waals surface area contributed by atoms with Crippen LogP contribution in [0.2, 0.25) is 0 Å². The van der Waals surface area contributed by atoms with Crippen molar-refractivity contribution < 1.29 is 18.7 Å². The number of nitrogens with one attached hydrogen (secondary N) is 1. The highest BCUT2D eigenvalue weighted by Crippen LogP contribution is 2.33. The number of methoxy groups -OCH3 is 2. The van der Waals surface area contributed by atoms with Crippen LogP contribution >= 0.6 is 0 Å². The van der Waals surface area contributed by atoms with E-state index in [4.69, 9.17) is 13.9 Å². The number of rotatable bonds is 5. The van der Waals surface area contributed by atoms with Crippen LogP contribution in [-0.4, -0.2) is 20.1 Å². The van der Waals surface area contributed by atoms with E-state index in [-0.39, 0.29) is 16.8 Å². The number of ether oxygens (including phenoxy) is 2. The van der Waals surface area contributed by atoms with Gasteiger partial charge in [0.25, 0.3) is 5.91 Å². The maximum absolute atomic E-state index is 12.9. The summed E-state index contributed by atoms with van der Waals surface area (Å²) < 4.78 is 16.6. The van der Waals surface area contributed by atoms with Gasteiger partial charge in [-0.25, -0.2) is 0 Å². The van der Waals surface area contributed by atoms with Gasteiger partial charge < -0.3 is 19.2 Å². The number of fused-ring (bicyclic) bond motifs is 1. The van der Waals surface area contributed by atoms with Gasteiger partial charge in [0, 0.05) is 22.9 Å². The molecule has 6 heteroatoms. The largest absolute Gasteiger partial charge is 0.493 e. The van der Waals surface area contributed by atoms with Crippen LogP contribution in [0.25, 0.3) is 22.3 Å². The van der Waals surface area contributed by atoms with Gasteiger partial charge in [-0.15, -0.1) is 0 Å². The quantitative estimate of drug-likeness (QED) is 0.396. The fourth-order valence-electron chi connectivity index (χ4n) is 3.69. The Morgan fingerprint density at radius 3 is 2.21 bits per heavy atom. The molecule has 0 unspecified atom stereocenters. The molecule has 0 aliphatic heterocycles. The Balaban J connectivity index is 1.61. The SMILES string of the molecule is COc1ccc(-c2cc(=O)c3cc(NC(=O)c4ccc(C(C)(C)C)cc4)ccc3o2)cc1OC. The highest BCUT2D eigenvalue weighted by Gasteiger charge is 2.15. The molecule has 34 heavy (non-hydrogen) atoms. The van der Waals surface area contributed by atoms with E-state index < -0.39 is 0 Å². The van der Waals surface area contributed by atoms with E-state index in [0.717, 1.165) is 5.56 Å². The molecule has 0 aliphatic rings. The first-order valence-electron chi connectivity index (χ1n) is 10.9. The molecule has 0 spiro atoms. The number of hydrogen-bond donors (Lipinski definition) is 1. The standard InChI is InChI=1S/C28H27NO5/c1-28(2,3)19-9-6-17(7-10-19)27(31)29-20-11-13-23-21(15-20)22(30)16-25(34-23)18-8-12-24(32-4)26(14-18)33-5/h6-16H,1-5H3,(H,29,31). The van der Waals surface area contributed by atoms with Gasteiger partial charge >= 0.3 is 0 Å². The Morgan fingerprint density at radius 1 is 0.853 bits per heavy atom. The smallest absolute Gasteiger partial charge is 0.255 e. The molecule has 6 nitrogen and oxygen atoms in total. The van der Waals surface area contributed by atoms with Crippen LogP contribution in [0.5, 0.6) is 11.5 Å². The lowest BCUT2D eigenvalue weighted by Crippen LogP contribution is -2.14. The molecule has 174 valence electrons. The van der Waals surface area contributed by atoms with Gasteiger partial charge in [-0.2, -0.15) is 0 Å². The number of carbonyl (C=O) groups is 1. The van der Waals surface area contributed by atoms with Gasteiger partial charge in [0.05, 0.1) is 19.6 Å². The first kappa shape index (κ1) is 23.1. The number of hydrogen-bond acceptors (Lipinski definition) is 5. The molecule has 0 saturated heterocycles. The van der Waals surface area contributed by atoms with E-state index in [0.29, 0.717) is 45.0 Å². The summed E-state index contributed by atoms with van der Waals surface area (Å²) in [6, 6.07) is 19.3. The third-order valence-corrected chi connectivity index (χ3v) is 5.67. The molecule has 1 N–H and O–H groups in total. The van der Waals surface area contributed by atoms with E-state index in [1.54, 1.807) is 62.8 Å². The molecule has 0 saturated carbocycles. The average Bonchev–Trinajstić information content (AvgIpc) is 2.83. The Kier molecular flexibility index (Phi) is 6.16. The zero-order chi connectivity index (χ0) is 24.5. The minimum atomic E-state index is -0.244. The van der Waals surface area contributed by atoms with Crippen LogP contribution in [0.1, 0.15) is 36.7 Å². The predicted molar refractivity (Wildman–Crippen MR) is 134 cm³/mol. The van der Waals surface area contributed by atoms with Crippen molar-refractivity contribution in [3.05, 3.63) is 88.1 Å². The normalized spacial score (nSPS) is 11.3. The van der Waals surface area contributed by atoms with Crippen LogP contribution < -0.4 is 20.2 Å². The van der Waals surface area contributed by atoms with Gasteiger partial charge in [0.2, 0.25) is 0 Å². The van der Waals surface area contributed by atoms with E-state index in [1.165, 1.54) is 6.07 Å². The second kappa shape index (κ2) is 9.06. The fraction of sp³-hybridized carbons (Fsp3) is 0.214. The zero-order valence-corrected chi connectivity index (χ0v) is 19.9. The highest BCUT2D eigenvalue weighted by molar-refractivity contribution is 6.05. The summed E-state index contributed by atoms with van der Waals surface area (Å²) in [6.07, 6.45) is 0. The lowest BCUT2D eigenvalue weighted by atomic mass is 9.87. The minimum absolute atomic E-state index is 0.0111. The molecule has 1 heterocycles. The molecular formula is C28H27NO5. The van der Waals surface area contributed by atoms with Crippen LogP contribution in [-0.2, 0) is 5.41 Å². The first-order chi connectivity index (χ1) is 16.2. The fourth-order valence-corrected chi connectivity index (χ4v) is 3.69. The molecule has 4 aromatic rings. The Morgan fingerprint density at radius 2 is 1.56 bits per heavy atom. The monoisotopic (exact) mass is 457 g/mol. The van der Waals surface area contributed by atoms with Gasteiger partial charge in [0.1, 0.15) is 11.3 Å². The molecule has 4 rings (SSSR count). The maximum Gasteiger partial charge on any atom is 0.255 e. The Labute approximate surface area is 198 Å². The summed E-state index contributed by atoms with van der Waals surface area (Å²) in [6.45, 7) is 6.37. The second-order valence-corrected chi connectivity index (χ2v) is 9.04. The van der Waals surface area contributed by atoms with Crippen LogP contribution in [0.15, 0.2) is 75.9 Å². The molecule has 0 fully saturated rings. The number of amides is 1. The number of carbonyl (C=O) groups excluding carboxylic acids is 1. The van der Waals surface area contributed by atoms with Crippen molar-refractivity contribution in [2.24, 2.45) is 0 Å². The lowest BCUT2D eigenvalue weighted by Gasteiger charge is -2.19. The third-order valence-electron chi connectivity index (χ3n) is 5.67. The van der Waals surface area contributed by atoms with Crippen molar-refractivity contribution >= 4 is 22.6 Å². The summed E-state index contributed by atoms with van der Waals surface area (Å²) in [7, 11) is 3.11. The first-order valence-corrected chi connectivity index (χ1v) is 10.9. The van der Waals surface area contributed by atoms with E-state index >= 15 is 0 Å². The summed E-state index contributed by atoms with van der Waals surface area (Å²) in [5.41, 5.74) is 3.12. The van der Waals surface area contributed by atoms with Gasteiger partial charge in [-0.1, -0.05) is 32.9 Å². The zero-order valence-electron chi connectivity index (χ0n) is 19.9. The van der Waals surface area contributed by atoms with Crippen molar-refractivity contribution in [1.82, 2.24) is 0 Å². The van der Waals surface area contributed by atoms with E-state index in [1.807, 2.05) is 12.1 Å². The predicted octanol–water partition coefficient (Wildman–Crippen LogP) is 6.03. The van der Waals surface area contributed by atoms with E-state index in [2.05, 4.69) is 26.1 Å². The number of anilines is 1. The second-order valence-electron chi connectivity index (χ2n) is 9.04. The van der Waals surface area contributed by atoms with Crippen LogP contribution in [0, 0.1) is 0 Å². The molecule has 1 amide bonds. The molecule has 0 bridgehead atoms. The lowest BCUT2D eigenvalue weighted by molar-refractivity contribution is 0.102. The minimum Gasteiger partial charge on any atom is -0.493 e. The van der Waals surface area contributed by atoms with Crippen molar-refractivity contribution in [3.8, 4) is 22.8 Å². The number of benzene rings is 3. The van der Waals surface area contributed by atoms with Gasteiger partial charge in [-0.05, 0) is 59.5 Å². The molecule has 0 atom stereocenters. The van der Waals surface area contributed by atoms with Crippen LogP contribution in [0.3, 0.4) is 0 Å². The van der Waals surface area contributed by atoms with Gasteiger partial charge in [0.15, 0.2) is 16.9 Å². The summed E-state index contributed by atoms with van der Waals surface area (Å²) in [4.78, 5) is 25.6. The summed E-state index contributed by atoms with van der Waals surface area (Å²) in [5, 5.41) is 3.24. The highest BCUT2D eigenvalue weighted by atomic mass is 16.5. The average molecular weight is 458 g/mol. The molecule has 1 aromatic heterocycles. The topological polar surface area (TPSA) is 77.8 Å². The Bertz CT molecular complexity index is 1410. The third kappa shape index (κ3) is 4.66.